The topological polar surface area (TPSA) is 60.9 Å². The van der Waals surface area contributed by atoms with Gasteiger partial charge < -0.3 is 10.0 Å². The fourth-order valence-corrected chi connectivity index (χ4v) is 4.62. The van der Waals surface area contributed by atoms with Crippen molar-refractivity contribution in [2.45, 2.75) is 51.6 Å². The SMILES string of the molecule is O=C(CCN1Cc2ccccc2C1)N1CCCC(CC2CC2)(C(=O)O)C1. The number of rotatable bonds is 6. The Bertz CT molecular complexity index is 675. The second-order valence-corrected chi connectivity index (χ2v) is 8.38. The average Bonchev–Trinajstić information content (AvgIpc) is 3.34. The van der Waals surface area contributed by atoms with Gasteiger partial charge in [-0.25, -0.2) is 0 Å². The lowest BCUT2D eigenvalue weighted by atomic mass is 9.75. The van der Waals surface area contributed by atoms with Gasteiger partial charge in [0.25, 0.3) is 0 Å². The molecule has 1 aromatic rings. The number of hydrogen-bond donors (Lipinski definition) is 1. The maximum atomic E-state index is 12.7. The van der Waals surface area contributed by atoms with Crippen molar-refractivity contribution in [3.05, 3.63) is 35.4 Å². The molecule has 1 aliphatic carbocycles. The fraction of sp³-hybridized carbons (Fsp3) is 0.619. The summed E-state index contributed by atoms with van der Waals surface area (Å²) in [6.07, 6.45) is 5.04. The van der Waals surface area contributed by atoms with Crippen molar-refractivity contribution in [3.8, 4) is 0 Å². The van der Waals surface area contributed by atoms with Gasteiger partial charge in [-0.15, -0.1) is 0 Å². The van der Waals surface area contributed by atoms with E-state index < -0.39 is 11.4 Å². The van der Waals surface area contributed by atoms with E-state index in [0.717, 1.165) is 45.3 Å². The fourth-order valence-electron chi connectivity index (χ4n) is 4.62. The Hall–Kier alpha value is -1.88. The normalized spacial score (nSPS) is 25.9. The first-order chi connectivity index (χ1) is 12.6. The number of carbonyl (C=O) groups excluding carboxylic acids is 1. The van der Waals surface area contributed by atoms with Crippen LogP contribution in [0.3, 0.4) is 0 Å². The molecule has 5 heteroatoms. The number of hydrogen-bond acceptors (Lipinski definition) is 3. The number of piperidine rings is 1. The molecule has 3 aliphatic rings. The number of carboxylic acids is 1. The van der Waals surface area contributed by atoms with Gasteiger partial charge in [-0.05, 0) is 36.3 Å². The van der Waals surface area contributed by atoms with Gasteiger partial charge in [-0.1, -0.05) is 37.1 Å². The molecule has 1 saturated heterocycles. The summed E-state index contributed by atoms with van der Waals surface area (Å²) in [5.41, 5.74) is 2.00. The molecule has 4 rings (SSSR count). The van der Waals surface area contributed by atoms with Gasteiger partial charge in [-0.3, -0.25) is 14.5 Å². The molecule has 1 unspecified atom stereocenters. The first-order valence-electron chi connectivity index (χ1n) is 9.86. The van der Waals surface area contributed by atoms with E-state index in [1.54, 1.807) is 0 Å². The van der Waals surface area contributed by atoms with E-state index in [4.69, 9.17) is 0 Å². The highest BCUT2D eigenvalue weighted by Crippen LogP contribution is 2.45. The lowest BCUT2D eigenvalue weighted by molar-refractivity contribution is -0.156. The molecule has 26 heavy (non-hydrogen) atoms. The Balaban J connectivity index is 1.32. The lowest BCUT2D eigenvalue weighted by Gasteiger charge is -2.40. The highest BCUT2D eigenvalue weighted by molar-refractivity contribution is 5.80. The summed E-state index contributed by atoms with van der Waals surface area (Å²) in [6.45, 7) is 3.66. The van der Waals surface area contributed by atoms with Crippen LogP contribution in [0, 0.1) is 11.3 Å². The van der Waals surface area contributed by atoms with Crippen molar-refractivity contribution in [1.29, 1.82) is 0 Å². The number of benzene rings is 1. The molecular formula is C21H28N2O3. The number of amides is 1. The molecule has 1 amide bonds. The minimum absolute atomic E-state index is 0.113. The summed E-state index contributed by atoms with van der Waals surface area (Å²) in [7, 11) is 0. The molecular weight excluding hydrogens is 328 g/mol. The Morgan fingerprint density at radius 2 is 1.85 bits per heavy atom. The van der Waals surface area contributed by atoms with Crippen LogP contribution in [0.2, 0.25) is 0 Å². The minimum Gasteiger partial charge on any atom is -0.481 e. The standard InChI is InChI=1S/C21H28N2O3/c24-19(8-11-22-13-17-4-1-2-5-18(17)14-22)23-10-3-9-21(15-23,20(25)26)12-16-6-7-16/h1-2,4-5,16H,3,6-15H2,(H,25,26). The largest absolute Gasteiger partial charge is 0.481 e. The third-order valence-corrected chi connectivity index (χ3v) is 6.31. The van der Waals surface area contributed by atoms with Crippen molar-refractivity contribution in [3.63, 3.8) is 0 Å². The highest BCUT2D eigenvalue weighted by Gasteiger charge is 2.46. The van der Waals surface area contributed by atoms with E-state index in [1.165, 1.54) is 11.1 Å². The number of carboxylic acid groups (broad SMARTS) is 1. The van der Waals surface area contributed by atoms with Crippen molar-refractivity contribution in [2.75, 3.05) is 19.6 Å². The Morgan fingerprint density at radius 3 is 2.46 bits per heavy atom. The molecule has 0 bridgehead atoms. The number of fused-ring (bicyclic) bond motifs is 1. The minimum atomic E-state index is -0.711. The maximum Gasteiger partial charge on any atom is 0.311 e. The van der Waals surface area contributed by atoms with Crippen molar-refractivity contribution < 1.29 is 14.7 Å². The van der Waals surface area contributed by atoms with Gasteiger partial charge in [0, 0.05) is 39.1 Å². The number of likely N-dealkylation sites (tertiary alicyclic amines) is 1. The summed E-state index contributed by atoms with van der Waals surface area (Å²) in [5, 5.41) is 9.82. The number of nitrogens with zero attached hydrogens (tertiary/aromatic N) is 2. The van der Waals surface area contributed by atoms with E-state index in [9.17, 15) is 14.7 Å². The highest BCUT2D eigenvalue weighted by atomic mass is 16.4. The third kappa shape index (κ3) is 3.63. The van der Waals surface area contributed by atoms with E-state index in [1.807, 2.05) is 4.90 Å². The molecule has 5 nitrogen and oxygen atoms in total. The monoisotopic (exact) mass is 356 g/mol. The van der Waals surface area contributed by atoms with Crippen molar-refractivity contribution in [2.24, 2.45) is 11.3 Å². The summed E-state index contributed by atoms with van der Waals surface area (Å²) in [5.74, 6) is -0.0387. The van der Waals surface area contributed by atoms with Crippen LogP contribution >= 0.6 is 0 Å². The van der Waals surface area contributed by atoms with Crippen LogP contribution < -0.4 is 0 Å². The van der Waals surface area contributed by atoms with Crippen LogP contribution in [0.15, 0.2) is 24.3 Å². The molecule has 2 fully saturated rings. The Labute approximate surface area is 155 Å². The van der Waals surface area contributed by atoms with Gasteiger partial charge in [0.1, 0.15) is 0 Å². The van der Waals surface area contributed by atoms with Crippen LogP contribution in [0.5, 0.6) is 0 Å². The summed E-state index contributed by atoms with van der Waals surface area (Å²) >= 11 is 0. The van der Waals surface area contributed by atoms with Gasteiger partial charge in [0.05, 0.1) is 5.41 Å². The van der Waals surface area contributed by atoms with E-state index in [0.29, 0.717) is 31.8 Å². The molecule has 1 N–H and O–H groups in total. The Kier molecular flexibility index (Phi) is 4.74. The van der Waals surface area contributed by atoms with Crippen LogP contribution in [0.25, 0.3) is 0 Å². The summed E-state index contributed by atoms with van der Waals surface area (Å²) < 4.78 is 0. The average molecular weight is 356 g/mol. The maximum absolute atomic E-state index is 12.7. The smallest absolute Gasteiger partial charge is 0.311 e. The van der Waals surface area contributed by atoms with Gasteiger partial charge in [0.2, 0.25) is 5.91 Å². The van der Waals surface area contributed by atoms with E-state index in [2.05, 4.69) is 29.2 Å². The van der Waals surface area contributed by atoms with Gasteiger partial charge in [-0.2, -0.15) is 0 Å². The second kappa shape index (κ2) is 7.03. The molecule has 1 atom stereocenters. The zero-order valence-corrected chi connectivity index (χ0v) is 15.3. The zero-order valence-electron chi connectivity index (χ0n) is 15.3. The third-order valence-electron chi connectivity index (χ3n) is 6.31. The molecule has 140 valence electrons. The van der Waals surface area contributed by atoms with Crippen LogP contribution in [-0.2, 0) is 22.7 Å². The number of aliphatic carboxylic acids is 1. The zero-order chi connectivity index (χ0) is 18.1. The van der Waals surface area contributed by atoms with Crippen molar-refractivity contribution >= 4 is 11.9 Å². The van der Waals surface area contributed by atoms with Gasteiger partial charge >= 0.3 is 5.97 Å². The summed E-state index contributed by atoms with van der Waals surface area (Å²) in [6, 6.07) is 8.43. The van der Waals surface area contributed by atoms with E-state index in [-0.39, 0.29) is 5.91 Å². The van der Waals surface area contributed by atoms with Crippen LogP contribution in [-0.4, -0.2) is 46.4 Å². The predicted molar refractivity (Wildman–Crippen MR) is 98.4 cm³/mol. The van der Waals surface area contributed by atoms with Crippen LogP contribution in [0.1, 0.15) is 49.7 Å². The van der Waals surface area contributed by atoms with Crippen molar-refractivity contribution in [1.82, 2.24) is 9.80 Å². The first-order valence-corrected chi connectivity index (χ1v) is 9.86. The van der Waals surface area contributed by atoms with E-state index >= 15 is 0 Å². The lowest BCUT2D eigenvalue weighted by Crippen LogP contribution is -2.50. The van der Waals surface area contributed by atoms with Gasteiger partial charge in [0.15, 0.2) is 0 Å². The predicted octanol–water partition coefficient (Wildman–Crippen LogP) is 2.89. The number of carbonyl (C=O) groups is 2. The Morgan fingerprint density at radius 1 is 1.15 bits per heavy atom. The molecule has 2 heterocycles. The molecule has 0 aromatic heterocycles. The quantitative estimate of drug-likeness (QED) is 0.851. The molecule has 1 aromatic carbocycles. The second-order valence-electron chi connectivity index (χ2n) is 8.38. The van der Waals surface area contributed by atoms with Crippen LogP contribution in [0.4, 0.5) is 0 Å². The first kappa shape index (κ1) is 17.5. The summed E-state index contributed by atoms with van der Waals surface area (Å²) in [4.78, 5) is 28.8. The molecule has 2 aliphatic heterocycles. The molecule has 1 saturated carbocycles. The molecule has 0 radical (unpaired) electrons. The molecule has 0 spiro atoms.